The number of nitrogens with one attached hydrogen (secondary N) is 1. The van der Waals surface area contributed by atoms with Gasteiger partial charge in [0.05, 0.1) is 7.11 Å². The second-order valence-electron chi connectivity index (χ2n) is 10.1. The lowest BCUT2D eigenvalue weighted by Crippen LogP contribution is -2.54. The van der Waals surface area contributed by atoms with Gasteiger partial charge in [-0.05, 0) is 49.1 Å². The van der Waals surface area contributed by atoms with Crippen LogP contribution in [0.4, 0.5) is 11.4 Å². The quantitative estimate of drug-likeness (QED) is 0.606. The zero-order valence-corrected chi connectivity index (χ0v) is 20.7. The minimum atomic E-state index is -1.70. The number of halogens is 1. The van der Waals surface area contributed by atoms with Gasteiger partial charge in [-0.25, -0.2) is 4.79 Å². The first kappa shape index (κ1) is 23.2. The molecule has 3 N–H and O–H groups in total. The molecular formula is C27H26ClN3O4. The van der Waals surface area contributed by atoms with Crippen LogP contribution in [0.25, 0.3) is 0 Å². The SMILES string of the molecule is COC(=O)C1=C(N)N(c2ccc(Cl)cc2)C2=C(C(=O)CC(C)(C)C2)C12C(=O)Nc1ccc(C)cc12. The molecule has 1 aliphatic carbocycles. The van der Waals surface area contributed by atoms with Crippen molar-refractivity contribution in [1.82, 2.24) is 0 Å². The van der Waals surface area contributed by atoms with Gasteiger partial charge < -0.3 is 15.8 Å². The summed E-state index contributed by atoms with van der Waals surface area (Å²) in [6.07, 6.45) is 0.701. The molecule has 1 unspecified atom stereocenters. The number of fused-ring (bicyclic) bond motifs is 3. The standard InChI is InChI=1S/C27H26ClN3O4/c1-14-5-10-18-17(11-14)27(25(34)30-18)21-19(12-26(2,3)13-20(21)32)31(16-8-6-15(28)7-9-16)23(29)22(27)24(33)35-4/h5-11H,12-13,29H2,1-4H3,(H,30,34). The van der Waals surface area contributed by atoms with Crippen LogP contribution in [0.15, 0.2) is 65.1 Å². The van der Waals surface area contributed by atoms with Gasteiger partial charge in [0, 0.05) is 39.7 Å². The van der Waals surface area contributed by atoms with Crippen molar-refractivity contribution >= 4 is 40.6 Å². The van der Waals surface area contributed by atoms with Gasteiger partial charge in [0.25, 0.3) is 0 Å². The Morgan fingerprint density at radius 2 is 1.80 bits per heavy atom. The van der Waals surface area contributed by atoms with E-state index < -0.39 is 17.3 Å². The highest BCUT2D eigenvalue weighted by Crippen LogP contribution is 2.57. The van der Waals surface area contributed by atoms with E-state index in [-0.39, 0.29) is 34.6 Å². The molecule has 180 valence electrons. The third kappa shape index (κ3) is 3.22. The molecule has 0 fully saturated rings. The maximum Gasteiger partial charge on any atom is 0.339 e. The lowest BCUT2D eigenvalue weighted by Gasteiger charge is -2.47. The number of allylic oxidation sites excluding steroid dienone is 1. The normalized spacial score (nSPS) is 22.8. The van der Waals surface area contributed by atoms with Crippen molar-refractivity contribution in [2.75, 3.05) is 17.3 Å². The summed E-state index contributed by atoms with van der Waals surface area (Å²) in [5, 5.41) is 3.43. The number of hydrogen-bond donors (Lipinski definition) is 2. The van der Waals surface area contributed by atoms with Crippen LogP contribution in [0, 0.1) is 12.3 Å². The van der Waals surface area contributed by atoms with Crippen molar-refractivity contribution in [3.63, 3.8) is 0 Å². The summed E-state index contributed by atoms with van der Waals surface area (Å²) in [5.41, 5.74) is 8.07. The summed E-state index contributed by atoms with van der Waals surface area (Å²) in [7, 11) is 1.24. The molecule has 7 nitrogen and oxygen atoms in total. The summed E-state index contributed by atoms with van der Waals surface area (Å²) >= 11 is 6.13. The zero-order valence-electron chi connectivity index (χ0n) is 20.0. The average molecular weight is 492 g/mol. The molecule has 5 rings (SSSR count). The van der Waals surface area contributed by atoms with Crippen LogP contribution in [-0.2, 0) is 24.5 Å². The van der Waals surface area contributed by atoms with Crippen molar-refractivity contribution in [2.24, 2.45) is 11.1 Å². The monoisotopic (exact) mass is 491 g/mol. The minimum absolute atomic E-state index is 0.0490. The largest absolute Gasteiger partial charge is 0.466 e. The first-order chi connectivity index (χ1) is 16.5. The maximum atomic E-state index is 13.9. The highest BCUT2D eigenvalue weighted by Gasteiger charge is 2.62. The Labute approximate surface area is 208 Å². The second kappa shape index (κ2) is 7.71. The predicted molar refractivity (Wildman–Crippen MR) is 134 cm³/mol. The molecule has 1 amide bonds. The number of carbonyl (C=O) groups is 3. The molecule has 2 aromatic carbocycles. The smallest absolute Gasteiger partial charge is 0.339 e. The molecule has 8 heteroatoms. The molecule has 2 aromatic rings. The number of hydrogen-bond acceptors (Lipinski definition) is 6. The van der Waals surface area contributed by atoms with Crippen molar-refractivity contribution in [3.8, 4) is 0 Å². The fourth-order valence-electron chi connectivity index (χ4n) is 5.64. The van der Waals surface area contributed by atoms with Gasteiger partial charge in [-0.1, -0.05) is 43.1 Å². The number of esters is 1. The molecule has 0 saturated heterocycles. The van der Waals surface area contributed by atoms with Crippen molar-refractivity contribution in [3.05, 3.63) is 81.3 Å². The predicted octanol–water partition coefficient (Wildman–Crippen LogP) is 4.35. The molecule has 1 atom stereocenters. The number of benzene rings is 2. The van der Waals surface area contributed by atoms with Gasteiger partial charge >= 0.3 is 5.97 Å². The molecule has 2 aliphatic heterocycles. The van der Waals surface area contributed by atoms with Crippen molar-refractivity contribution < 1.29 is 19.1 Å². The van der Waals surface area contributed by atoms with Crippen LogP contribution in [0.3, 0.4) is 0 Å². The minimum Gasteiger partial charge on any atom is -0.466 e. The Balaban J connectivity index is 1.93. The topological polar surface area (TPSA) is 102 Å². The maximum absolute atomic E-state index is 13.9. The van der Waals surface area contributed by atoms with Crippen molar-refractivity contribution in [1.29, 1.82) is 0 Å². The fraction of sp³-hybridized carbons (Fsp3) is 0.296. The molecule has 1 spiro atoms. The van der Waals surface area contributed by atoms with Gasteiger partial charge in [0.2, 0.25) is 5.91 Å². The molecule has 3 aliphatic rings. The lowest BCUT2D eigenvalue weighted by molar-refractivity contribution is -0.138. The number of rotatable bonds is 2. The third-order valence-electron chi connectivity index (χ3n) is 7.01. The van der Waals surface area contributed by atoms with E-state index in [0.717, 1.165) is 5.56 Å². The second-order valence-corrected chi connectivity index (χ2v) is 10.5. The summed E-state index contributed by atoms with van der Waals surface area (Å²) in [6.45, 7) is 5.90. The number of amides is 1. The van der Waals surface area contributed by atoms with Crippen LogP contribution < -0.4 is 16.0 Å². The Hall–Kier alpha value is -3.58. The van der Waals surface area contributed by atoms with E-state index in [9.17, 15) is 14.4 Å². The number of nitrogens with zero attached hydrogens (tertiary/aromatic N) is 1. The van der Waals surface area contributed by atoms with E-state index in [1.54, 1.807) is 35.2 Å². The lowest BCUT2D eigenvalue weighted by atomic mass is 9.60. The van der Waals surface area contributed by atoms with Gasteiger partial charge in [0.1, 0.15) is 16.8 Å². The van der Waals surface area contributed by atoms with E-state index in [4.69, 9.17) is 22.1 Å². The van der Waals surface area contributed by atoms with E-state index in [0.29, 0.717) is 34.1 Å². The molecule has 35 heavy (non-hydrogen) atoms. The number of aryl methyl sites for hydroxylation is 1. The van der Waals surface area contributed by atoms with E-state index in [1.807, 2.05) is 32.9 Å². The van der Waals surface area contributed by atoms with Crippen LogP contribution in [0.5, 0.6) is 0 Å². The van der Waals surface area contributed by atoms with Crippen LogP contribution in [-0.4, -0.2) is 24.8 Å². The van der Waals surface area contributed by atoms with E-state index in [1.165, 1.54) is 7.11 Å². The number of carbonyl (C=O) groups excluding carboxylic acids is 3. The average Bonchev–Trinajstić information content (AvgIpc) is 3.05. The van der Waals surface area contributed by atoms with E-state index >= 15 is 0 Å². The summed E-state index contributed by atoms with van der Waals surface area (Å²) in [5.74, 6) is -1.41. The number of nitrogens with two attached hydrogens (primary N) is 1. The Kier molecular flexibility index (Phi) is 5.11. The highest BCUT2D eigenvalue weighted by atomic mass is 35.5. The van der Waals surface area contributed by atoms with Gasteiger partial charge in [-0.3, -0.25) is 14.5 Å². The van der Waals surface area contributed by atoms with Crippen LogP contribution in [0.2, 0.25) is 5.02 Å². The molecular weight excluding hydrogens is 466 g/mol. The summed E-state index contributed by atoms with van der Waals surface area (Å²) < 4.78 is 5.16. The Bertz CT molecular complexity index is 1370. The van der Waals surface area contributed by atoms with Gasteiger partial charge in [-0.2, -0.15) is 0 Å². The molecule has 0 bridgehead atoms. The van der Waals surface area contributed by atoms with Gasteiger partial charge in [-0.15, -0.1) is 0 Å². The first-order valence-corrected chi connectivity index (χ1v) is 11.7. The molecule has 0 saturated carbocycles. The fourth-order valence-corrected chi connectivity index (χ4v) is 5.76. The Morgan fingerprint density at radius 3 is 2.46 bits per heavy atom. The number of methoxy groups -OCH3 is 1. The number of ether oxygens (including phenoxy) is 1. The van der Waals surface area contributed by atoms with Crippen molar-refractivity contribution in [2.45, 2.75) is 39.0 Å². The molecule has 2 heterocycles. The third-order valence-corrected chi connectivity index (χ3v) is 7.26. The Morgan fingerprint density at radius 1 is 1.11 bits per heavy atom. The molecule has 0 radical (unpaired) electrons. The van der Waals surface area contributed by atoms with Gasteiger partial charge in [0.15, 0.2) is 5.78 Å². The molecule has 0 aromatic heterocycles. The van der Waals surface area contributed by atoms with Crippen LogP contribution >= 0.6 is 11.6 Å². The number of Topliss-reactive ketones (excluding diaryl/α,β-unsaturated/α-hetero) is 1. The van der Waals surface area contributed by atoms with Crippen LogP contribution in [0.1, 0.15) is 37.8 Å². The number of ketones is 1. The zero-order chi connectivity index (χ0) is 25.3. The summed E-state index contributed by atoms with van der Waals surface area (Å²) in [6, 6.07) is 12.4. The highest BCUT2D eigenvalue weighted by molar-refractivity contribution is 6.30. The van der Waals surface area contributed by atoms with E-state index in [2.05, 4.69) is 5.32 Å². The summed E-state index contributed by atoms with van der Waals surface area (Å²) in [4.78, 5) is 42.9. The first-order valence-electron chi connectivity index (χ1n) is 11.3. The number of anilines is 2.